The summed E-state index contributed by atoms with van der Waals surface area (Å²) in [4.78, 5) is 4.01. The highest BCUT2D eigenvalue weighted by Gasteiger charge is 2.37. The Kier molecular flexibility index (Phi) is 5.20. The van der Waals surface area contributed by atoms with Gasteiger partial charge in [0.05, 0.1) is 10.6 Å². The monoisotopic (exact) mass is 282 g/mol. The summed E-state index contributed by atoms with van der Waals surface area (Å²) in [5.41, 5.74) is 7.33. The van der Waals surface area contributed by atoms with Gasteiger partial charge in [0.15, 0.2) is 0 Å². The molecule has 0 aliphatic heterocycles. The molecule has 3 nitrogen and oxygen atoms in total. The van der Waals surface area contributed by atoms with Gasteiger partial charge in [-0.1, -0.05) is 37.3 Å². The number of hydrogen-bond donors (Lipinski definition) is 1. The lowest BCUT2D eigenvalue weighted by Crippen LogP contribution is -2.50. The van der Waals surface area contributed by atoms with Crippen molar-refractivity contribution < 1.29 is 4.74 Å². The molecule has 0 spiro atoms. The smallest absolute Gasteiger partial charge is 0.0832 e. The van der Waals surface area contributed by atoms with Gasteiger partial charge >= 0.3 is 0 Å². The lowest BCUT2D eigenvalue weighted by molar-refractivity contribution is -0.0430. The Labute approximate surface area is 120 Å². The van der Waals surface area contributed by atoms with Crippen LogP contribution in [0.4, 0.5) is 0 Å². The summed E-state index contributed by atoms with van der Waals surface area (Å²) in [6.07, 6.45) is 11.3. The molecule has 2 N–H and O–H groups in total. The van der Waals surface area contributed by atoms with Crippen molar-refractivity contribution in [3.8, 4) is 0 Å². The molecule has 1 saturated carbocycles. The summed E-state index contributed by atoms with van der Waals surface area (Å²) in [6, 6.07) is 1.93. The molecule has 1 aromatic rings. The van der Waals surface area contributed by atoms with E-state index in [-0.39, 0.29) is 11.6 Å². The Morgan fingerprint density at radius 3 is 2.63 bits per heavy atom. The molecule has 0 bridgehead atoms. The van der Waals surface area contributed by atoms with Crippen LogP contribution in [0.2, 0.25) is 5.02 Å². The first-order chi connectivity index (χ1) is 9.18. The molecular weight excluding hydrogens is 260 g/mol. The molecule has 1 aliphatic carbocycles. The molecular formula is C15H23ClN2O. The van der Waals surface area contributed by atoms with Crippen LogP contribution in [0.1, 0.15) is 44.1 Å². The van der Waals surface area contributed by atoms with Gasteiger partial charge in [-0.15, -0.1) is 0 Å². The van der Waals surface area contributed by atoms with Gasteiger partial charge in [0.25, 0.3) is 0 Å². The van der Waals surface area contributed by atoms with Crippen LogP contribution in [0.15, 0.2) is 18.5 Å². The average Bonchev–Trinajstić information content (AvgIpc) is 2.67. The molecule has 19 heavy (non-hydrogen) atoms. The van der Waals surface area contributed by atoms with Gasteiger partial charge < -0.3 is 10.5 Å². The van der Waals surface area contributed by atoms with Gasteiger partial charge in [-0.2, -0.15) is 0 Å². The van der Waals surface area contributed by atoms with Crippen molar-refractivity contribution in [3.63, 3.8) is 0 Å². The van der Waals surface area contributed by atoms with Gasteiger partial charge in [-0.3, -0.25) is 4.98 Å². The van der Waals surface area contributed by atoms with Crippen molar-refractivity contribution in [2.45, 2.75) is 56.6 Å². The van der Waals surface area contributed by atoms with Crippen molar-refractivity contribution in [2.75, 3.05) is 7.11 Å². The molecule has 1 aromatic heterocycles. The van der Waals surface area contributed by atoms with E-state index in [0.717, 1.165) is 24.8 Å². The third kappa shape index (κ3) is 3.47. The zero-order valence-electron chi connectivity index (χ0n) is 11.6. The quantitative estimate of drug-likeness (QED) is 0.862. The summed E-state index contributed by atoms with van der Waals surface area (Å²) < 4.78 is 5.85. The van der Waals surface area contributed by atoms with E-state index in [0.29, 0.717) is 5.02 Å². The third-order valence-corrected chi connectivity index (χ3v) is 4.67. The second-order valence-corrected chi connectivity index (χ2v) is 5.87. The molecule has 0 saturated heterocycles. The molecule has 0 aromatic carbocycles. The predicted molar refractivity (Wildman–Crippen MR) is 78.4 cm³/mol. The van der Waals surface area contributed by atoms with E-state index in [4.69, 9.17) is 22.1 Å². The first-order valence-electron chi connectivity index (χ1n) is 7.07. The third-order valence-electron chi connectivity index (χ3n) is 4.33. The summed E-state index contributed by atoms with van der Waals surface area (Å²) in [6.45, 7) is 0. The van der Waals surface area contributed by atoms with Gasteiger partial charge in [0.2, 0.25) is 0 Å². The van der Waals surface area contributed by atoms with Crippen LogP contribution >= 0.6 is 11.6 Å². The highest BCUT2D eigenvalue weighted by atomic mass is 35.5. The minimum atomic E-state index is -0.191. The Balaban J connectivity index is 2.12. The fraction of sp³-hybridized carbons (Fsp3) is 0.667. The maximum absolute atomic E-state index is 6.46. The van der Waals surface area contributed by atoms with Crippen molar-refractivity contribution in [3.05, 3.63) is 29.0 Å². The van der Waals surface area contributed by atoms with Crippen LogP contribution in [0.25, 0.3) is 0 Å². The molecule has 1 unspecified atom stereocenters. The fourth-order valence-corrected chi connectivity index (χ4v) is 3.24. The summed E-state index contributed by atoms with van der Waals surface area (Å²) in [5.74, 6) is 0. The number of hydrogen-bond acceptors (Lipinski definition) is 3. The van der Waals surface area contributed by atoms with Crippen molar-refractivity contribution >= 4 is 11.6 Å². The number of pyridine rings is 1. The Hall–Kier alpha value is -0.640. The maximum atomic E-state index is 6.46. The number of nitrogens with zero attached hydrogens (tertiary/aromatic N) is 1. The highest BCUT2D eigenvalue weighted by molar-refractivity contribution is 6.31. The Morgan fingerprint density at radius 2 is 2.05 bits per heavy atom. The van der Waals surface area contributed by atoms with Crippen LogP contribution in [0, 0.1) is 0 Å². The molecule has 1 atom stereocenters. The first kappa shape index (κ1) is 14.8. The molecule has 0 amide bonds. The van der Waals surface area contributed by atoms with Crippen LogP contribution in [0.5, 0.6) is 0 Å². The maximum Gasteiger partial charge on any atom is 0.0832 e. The number of ether oxygens (including phenoxy) is 1. The summed E-state index contributed by atoms with van der Waals surface area (Å²) >= 11 is 6.17. The number of nitrogens with two attached hydrogens (primary N) is 1. The molecule has 1 heterocycles. The summed E-state index contributed by atoms with van der Waals surface area (Å²) in [5, 5.41) is 0.692. The van der Waals surface area contributed by atoms with E-state index in [2.05, 4.69) is 4.98 Å². The van der Waals surface area contributed by atoms with Gasteiger partial charge in [-0.05, 0) is 30.9 Å². The molecule has 0 radical (unpaired) electrons. The van der Waals surface area contributed by atoms with E-state index in [1.807, 2.05) is 6.07 Å². The van der Waals surface area contributed by atoms with Crippen LogP contribution in [-0.2, 0) is 11.2 Å². The second-order valence-electron chi connectivity index (χ2n) is 5.46. The molecule has 1 aliphatic rings. The Morgan fingerprint density at radius 1 is 1.37 bits per heavy atom. The minimum absolute atomic E-state index is 0.0181. The van der Waals surface area contributed by atoms with Gasteiger partial charge in [-0.25, -0.2) is 0 Å². The summed E-state index contributed by atoms with van der Waals surface area (Å²) in [7, 11) is 1.79. The number of rotatable bonds is 4. The first-order valence-corrected chi connectivity index (χ1v) is 7.45. The number of aromatic nitrogens is 1. The molecule has 2 rings (SSSR count). The van der Waals surface area contributed by atoms with E-state index in [1.54, 1.807) is 19.5 Å². The lowest BCUT2D eigenvalue weighted by Gasteiger charge is -2.37. The highest BCUT2D eigenvalue weighted by Crippen LogP contribution is 2.34. The van der Waals surface area contributed by atoms with Crippen molar-refractivity contribution in [1.82, 2.24) is 4.98 Å². The van der Waals surface area contributed by atoms with E-state index < -0.39 is 0 Å². The lowest BCUT2D eigenvalue weighted by atomic mass is 9.83. The van der Waals surface area contributed by atoms with Crippen LogP contribution in [-0.4, -0.2) is 23.7 Å². The van der Waals surface area contributed by atoms with Crippen LogP contribution in [0.3, 0.4) is 0 Å². The normalized spacial score (nSPS) is 20.8. The topological polar surface area (TPSA) is 48.1 Å². The van der Waals surface area contributed by atoms with Gasteiger partial charge in [0.1, 0.15) is 0 Å². The van der Waals surface area contributed by atoms with E-state index in [9.17, 15) is 0 Å². The molecule has 1 fully saturated rings. The molecule has 4 heteroatoms. The van der Waals surface area contributed by atoms with Crippen molar-refractivity contribution in [2.24, 2.45) is 5.73 Å². The van der Waals surface area contributed by atoms with Gasteiger partial charge in [0, 0.05) is 25.5 Å². The standard InChI is InChI=1S/C15H23ClN2O/c1-19-15(7-4-2-3-5-8-15)14(17)10-12-6-9-18-11-13(12)16/h6,9,11,14H,2-5,7-8,10,17H2,1H3. The fourth-order valence-electron chi connectivity index (χ4n) is 3.05. The zero-order valence-corrected chi connectivity index (χ0v) is 12.3. The SMILES string of the molecule is COC1(C(N)Cc2ccncc2Cl)CCCCCC1. The van der Waals surface area contributed by atoms with E-state index in [1.165, 1.54) is 25.7 Å². The Bertz CT molecular complexity index is 403. The van der Waals surface area contributed by atoms with Crippen molar-refractivity contribution in [1.29, 1.82) is 0 Å². The zero-order chi connectivity index (χ0) is 13.7. The second kappa shape index (κ2) is 6.69. The van der Waals surface area contributed by atoms with Crippen LogP contribution < -0.4 is 5.73 Å². The molecule has 106 valence electrons. The number of methoxy groups -OCH3 is 1. The predicted octanol–water partition coefficient (Wildman–Crippen LogP) is 3.34. The largest absolute Gasteiger partial charge is 0.377 e. The average molecular weight is 283 g/mol. The minimum Gasteiger partial charge on any atom is -0.377 e. The number of halogens is 1. The van der Waals surface area contributed by atoms with E-state index >= 15 is 0 Å².